The molecule has 82 valence electrons. The van der Waals surface area contributed by atoms with E-state index in [4.69, 9.17) is 33.2 Å². The summed E-state index contributed by atoms with van der Waals surface area (Å²) in [4.78, 5) is 0. The summed E-state index contributed by atoms with van der Waals surface area (Å²) in [5, 5.41) is 18.9. The van der Waals surface area contributed by atoms with Gasteiger partial charge in [-0.2, -0.15) is 0 Å². The Morgan fingerprint density at radius 2 is 1.60 bits per heavy atom. The fraction of sp³-hybridized carbons (Fsp3) is 0.400. The molecule has 0 aromatic heterocycles. The van der Waals surface area contributed by atoms with E-state index in [1.54, 1.807) is 6.07 Å². The number of hydrogen-bond donors (Lipinski definition) is 2. The summed E-state index contributed by atoms with van der Waals surface area (Å²) in [5.41, 5.74) is 0.993. The van der Waals surface area contributed by atoms with Crippen molar-refractivity contribution in [2.75, 3.05) is 0 Å². The van der Waals surface area contributed by atoms with E-state index in [0.717, 1.165) is 5.56 Å². The maximum absolute atomic E-state index is 9.04. The number of rotatable bonds is 1. The Bertz CT molecular complexity index is 372. The largest absolute Gasteiger partial charge is 0.490 e. The van der Waals surface area contributed by atoms with Crippen molar-refractivity contribution < 1.29 is 10.0 Å². The van der Waals surface area contributed by atoms with Gasteiger partial charge in [-0.15, -0.1) is 0 Å². The van der Waals surface area contributed by atoms with Crippen molar-refractivity contribution in [1.82, 2.24) is 0 Å². The van der Waals surface area contributed by atoms with Gasteiger partial charge in [-0.05, 0) is 23.1 Å². The molecule has 0 radical (unpaired) electrons. The highest BCUT2D eigenvalue weighted by Crippen LogP contribution is 2.30. The molecule has 5 heteroatoms. The van der Waals surface area contributed by atoms with Crippen LogP contribution < -0.4 is 5.46 Å². The van der Waals surface area contributed by atoms with Gasteiger partial charge < -0.3 is 10.0 Å². The molecule has 0 heterocycles. The van der Waals surface area contributed by atoms with Crippen LogP contribution in [-0.2, 0) is 5.41 Å². The summed E-state index contributed by atoms with van der Waals surface area (Å²) in [6.45, 7) is 6.04. The Hall–Kier alpha value is -0.215. The Labute approximate surface area is 100.0 Å². The van der Waals surface area contributed by atoms with Gasteiger partial charge in [-0.25, -0.2) is 0 Å². The van der Waals surface area contributed by atoms with E-state index < -0.39 is 7.12 Å². The zero-order valence-corrected chi connectivity index (χ0v) is 10.4. The van der Waals surface area contributed by atoms with Crippen LogP contribution in [0, 0.1) is 0 Å². The molecule has 0 saturated carbocycles. The lowest BCUT2D eigenvalue weighted by Crippen LogP contribution is -2.31. The van der Waals surface area contributed by atoms with Gasteiger partial charge in [0.2, 0.25) is 0 Å². The third kappa shape index (κ3) is 2.88. The monoisotopic (exact) mass is 246 g/mol. The molecule has 15 heavy (non-hydrogen) atoms. The molecule has 0 amide bonds. The summed E-state index contributed by atoms with van der Waals surface area (Å²) in [7, 11) is -1.59. The summed E-state index contributed by atoms with van der Waals surface area (Å²) >= 11 is 12.0. The van der Waals surface area contributed by atoms with Gasteiger partial charge in [0.25, 0.3) is 0 Å². The first-order valence-corrected chi connectivity index (χ1v) is 5.34. The van der Waals surface area contributed by atoms with Crippen LogP contribution in [0.2, 0.25) is 10.0 Å². The minimum atomic E-state index is -1.59. The third-order valence-electron chi connectivity index (χ3n) is 2.17. The minimum Gasteiger partial charge on any atom is -0.423 e. The van der Waals surface area contributed by atoms with Crippen LogP contribution in [0.4, 0.5) is 0 Å². The van der Waals surface area contributed by atoms with Crippen molar-refractivity contribution in [2.45, 2.75) is 26.2 Å². The van der Waals surface area contributed by atoms with E-state index in [1.807, 2.05) is 20.8 Å². The van der Waals surface area contributed by atoms with Crippen molar-refractivity contribution in [2.24, 2.45) is 0 Å². The van der Waals surface area contributed by atoms with Crippen molar-refractivity contribution >= 4 is 35.8 Å². The van der Waals surface area contributed by atoms with Gasteiger partial charge in [0.05, 0.1) is 0 Å². The smallest absolute Gasteiger partial charge is 0.423 e. The first-order chi connectivity index (χ1) is 6.73. The predicted octanol–water partition coefficient (Wildman–Crippen LogP) is 1.97. The van der Waals surface area contributed by atoms with Gasteiger partial charge in [-0.1, -0.05) is 44.0 Å². The van der Waals surface area contributed by atoms with Gasteiger partial charge >= 0.3 is 7.12 Å². The Balaban J connectivity index is 3.32. The van der Waals surface area contributed by atoms with E-state index in [9.17, 15) is 0 Å². The third-order valence-corrected chi connectivity index (χ3v) is 2.81. The van der Waals surface area contributed by atoms with E-state index >= 15 is 0 Å². The van der Waals surface area contributed by atoms with Crippen molar-refractivity contribution in [1.29, 1.82) is 0 Å². The molecule has 0 aliphatic carbocycles. The Morgan fingerprint density at radius 3 is 2.00 bits per heavy atom. The summed E-state index contributed by atoms with van der Waals surface area (Å²) in [6.07, 6.45) is 0. The average Bonchev–Trinajstić information content (AvgIpc) is 2.06. The quantitative estimate of drug-likeness (QED) is 0.744. The fourth-order valence-corrected chi connectivity index (χ4v) is 2.05. The van der Waals surface area contributed by atoms with Crippen LogP contribution in [0.5, 0.6) is 0 Å². The van der Waals surface area contributed by atoms with Gasteiger partial charge in [0.1, 0.15) is 0 Å². The minimum absolute atomic E-state index is 0.125. The summed E-state index contributed by atoms with van der Waals surface area (Å²) in [5.74, 6) is 0. The normalized spacial score (nSPS) is 11.7. The maximum Gasteiger partial charge on any atom is 0.490 e. The molecular formula is C10H13BCl2O2. The first-order valence-electron chi connectivity index (χ1n) is 4.59. The van der Waals surface area contributed by atoms with Crippen LogP contribution >= 0.6 is 23.2 Å². The van der Waals surface area contributed by atoms with Crippen LogP contribution in [0.15, 0.2) is 12.1 Å². The van der Waals surface area contributed by atoms with Gasteiger partial charge in [0.15, 0.2) is 0 Å². The maximum atomic E-state index is 9.04. The topological polar surface area (TPSA) is 40.5 Å². The van der Waals surface area contributed by atoms with E-state index in [2.05, 4.69) is 0 Å². The molecule has 2 N–H and O–H groups in total. The summed E-state index contributed by atoms with van der Waals surface area (Å²) < 4.78 is 0. The molecule has 0 fully saturated rings. The van der Waals surface area contributed by atoms with Crippen LogP contribution in [-0.4, -0.2) is 17.2 Å². The molecule has 0 aliphatic heterocycles. The molecule has 1 aromatic rings. The van der Waals surface area contributed by atoms with Crippen molar-refractivity contribution in [3.8, 4) is 0 Å². The van der Waals surface area contributed by atoms with Crippen molar-refractivity contribution in [3.63, 3.8) is 0 Å². The SMILES string of the molecule is CC(C)(C)c1cc(Cl)c(B(O)O)cc1Cl. The molecule has 1 rings (SSSR count). The van der Waals surface area contributed by atoms with Crippen LogP contribution in [0.1, 0.15) is 26.3 Å². The molecule has 0 spiro atoms. The standard InChI is InChI=1S/C10H13BCl2O2/c1-10(2,3)6-4-9(13)7(11(14)15)5-8(6)12/h4-5,14-15H,1-3H3. The molecule has 0 saturated heterocycles. The van der Waals surface area contributed by atoms with Crippen LogP contribution in [0.3, 0.4) is 0 Å². The average molecular weight is 247 g/mol. The van der Waals surface area contributed by atoms with E-state index in [-0.39, 0.29) is 10.9 Å². The van der Waals surface area contributed by atoms with E-state index in [0.29, 0.717) is 10.0 Å². The molecule has 0 bridgehead atoms. The molecular weight excluding hydrogens is 234 g/mol. The molecule has 1 aromatic carbocycles. The van der Waals surface area contributed by atoms with Crippen LogP contribution in [0.25, 0.3) is 0 Å². The first kappa shape index (κ1) is 12.9. The van der Waals surface area contributed by atoms with E-state index in [1.165, 1.54) is 6.07 Å². The highest BCUT2D eigenvalue weighted by Gasteiger charge is 2.22. The second kappa shape index (κ2) is 4.34. The molecule has 0 atom stereocenters. The lowest BCUT2D eigenvalue weighted by Gasteiger charge is -2.21. The lowest BCUT2D eigenvalue weighted by molar-refractivity contribution is 0.425. The predicted molar refractivity (Wildman–Crippen MR) is 65.0 cm³/mol. The molecule has 2 nitrogen and oxygen atoms in total. The second-order valence-corrected chi connectivity index (χ2v) is 5.29. The number of hydrogen-bond acceptors (Lipinski definition) is 2. The number of halogens is 2. The second-order valence-electron chi connectivity index (χ2n) is 4.48. The zero-order chi connectivity index (χ0) is 11.8. The van der Waals surface area contributed by atoms with Gasteiger partial charge in [0, 0.05) is 15.5 Å². The zero-order valence-electron chi connectivity index (χ0n) is 8.88. The Kier molecular flexibility index (Phi) is 3.72. The highest BCUT2D eigenvalue weighted by atomic mass is 35.5. The fourth-order valence-electron chi connectivity index (χ4n) is 1.33. The lowest BCUT2D eigenvalue weighted by atomic mass is 9.77. The van der Waals surface area contributed by atoms with Gasteiger partial charge in [-0.3, -0.25) is 0 Å². The molecule has 0 unspecified atom stereocenters. The Morgan fingerprint density at radius 1 is 1.07 bits per heavy atom. The molecule has 0 aliphatic rings. The summed E-state index contributed by atoms with van der Waals surface area (Å²) in [6, 6.07) is 3.17. The number of benzene rings is 1. The van der Waals surface area contributed by atoms with Crippen molar-refractivity contribution in [3.05, 3.63) is 27.7 Å². The highest BCUT2D eigenvalue weighted by molar-refractivity contribution is 6.63.